The molecule has 7 heterocycles. The van der Waals surface area contributed by atoms with Crippen molar-refractivity contribution in [2.45, 2.75) is 183 Å². The van der Waals surface area contributed by atoms with Crippen LogP contribution >= 0.6 is 87.6 Å². The van der Waals surface area contributed by atoms with Crippen molar-refractivity contribution < 1.29 is 120 Å². The number of aromatic amines is 4. The molecule has 10 aromatic rings. The quantitative estimate of drug-likeness (QED) is 0.00277. The number of hydrogen-bond donors (Lipinski definition) is 8. The van der Waals surface area contributed by atoms with Crippen LogP contribution in [0.25, 0.3) is 33.4 Å². The molecule has 3 aliphatic heterocycles. The summed E-state index contributed by atoms with van der Waals surface area (Å²) in [6, 6.07) is 36.1. The topological polar surface area (TPSA) is 436 Å². The summed E-state index contributed by atoms with van der Waals surface area (Å²) in [5.74, 6) is 0.485. The summed E-state index contributed by atoms with van der Waals surface area (Å²) < 4.78 is 91.8. The van der Waals surface area contributed by atoms with E-state index in [9.17, 15) is 56.3 Å². The van der Waals surface area contributed by atoms with Gasteiger partial charge in [0, 0.05) is 111 Å². The standard InChI is InChI=1S/C28H33FN6O5S.C23H25FN6O3S.C19H18ClFN2O3.C10H17N3O2S.C8H15BrO2.C2H3N3S.CH3F.2ClH.Na/c1-18(36)30-14-22-17-35(27(38)39-22)21-9-10-23(24(29)13-21)20-7-5-19(6-8-20)16-34(26(37)40-28(2,3)4)11-12-41-25-15-31-33-32-25;1-15(31)26-12-19-14-30(23(32)33-19)18-6-7-20(21(24)10-18)17-4-2-16(3-5-17)11-25-8-9-34-22-13-27-29-28-22;1-12(24)22-10-16-11-23(19(25)26-16)15-6-7-17(18(21)8-15)14-4-2-13(9-20)3-5-14;1-10(2,3)15-9(14)5-4-6-16-8-7-11-13-12-8;1-8(2,3)11-7(10)5-4-6-9;6-2-1-3-5-4-2;1-2;;;/h5-10,13,15,22H,11-12,14,16-17H2,1-4H3,(H,30,36)(H,31,32,33);2-7,10,13,19,25H,8-9,11-12,14H2,1H3,(H,26,31)(H,27,28,29);2-8,16H,9-11H2,1H3,(H,22,24);7H,4-6H2,1-3H3,(H,11,12,13);4-6H2,1-3H3;1H,(H2,3,4,5,6);1H3;2*1H;/q;;;;;;;;;+1/p-1/t22-;19-;16-;;;;;;;/m000......./s1/i;;;;;;1D;;;. The SMILES string of the molecule is CC(=O)NC[C@H]1CN(c2ccc(-c3ccc(CCl)cc3)c(F)c2)C(=O)O1.CC(=O)NC[C@H]1CN(c2ccc(-c3ccc(CN(CCSc4cn[nH]n4)C(=O)OC(C)(C)C)cc3)c(F)c2)C(=O)O1.CC(=O)NC[C@H]1CN(c2ccc(-c3ccc(CNCCSc4cn[nH]n4)cc3)c(F)c2)C(=O)O1.CC(C)(C)OC(=O)CCCBr.CC(C)(C)OC(=O)CCCSc1cn[nH]n1.Cl.Cl.[2H]CF.[Na+].[S-]c1cn[nH]n1. The number of carbonyl (C=O) groups is 9. The maximum Gasteiger partial charge on any atom is 1.00 e. The number of cyclic esters (lactones) is 3. The molecule has 0 saturated carbocycles. The zero-order valence-electron chi connectivity index (χ0n) is 80.0. The van der Waals surface area contributed by atoms with Crippen LogP contribution in [0.1, 0.15) is 127 Å². The van der Waals surface area contributed by atoms with Crippen molar-refractivity contribution in [3.63, 3.8) is 0 Å². The van der Waals surface area contributed by atoms with Gasteiger partial charge < -0.3 is 67.2 Å². The summed E-state index contributed by atoms with van der Waals surface area (Å²) in [6.45, 7) is 24.5. The zero-order chi connectivity index (χ0) is 100. The summed E-state index contributed by atoms with van der Waals surface area (Å²) >= 11 is 18.2. The van der Waals surface area contributed by atoms with E-state index in [1.54, 1.807) is 95.5 Å². The Balaban J connectivity index is 0.000000373. The number of alkyl halides is 3. The number of aromatic nitrogens is 12. The van der Waals surface area contributed by atoms with Crippen molar-refractivity contribution in [3.8, 4) is 33.4 Å². The van der Waals surface area contributed by atoms with Crippen LogP contribution in [0.4, 0.5) is 53.8 Å². The number of ether oxygens (including phenoxy) is 6. The summed E-state index contributed by atoms with van der Waals surface area (Å²) in [7, 11) is -1.00. The average molecular weight is 2140 g/mol. The number of benzene rings is 6. The fraction of sp³-hybridized carbons (Fsp3) is 0.418. The van der Waals surface area contributed by atoms with Gasteiger partial charge in [-0.15, -0.1) is 87.0 Å². The van der Waals surface area contributed by atoms with E-state index < -0.39 is 78.5 Å². The maximum absolute atomic E-state index is 15.2. The third-order valence-corrected chi connectivity index (χ3v) is 22.1. The third-order valence-electron chi connectivity index (χ3n) is 18.3. The Labute approximate surface area is 871 Å². The minimum atomic E-state index is -1.00. The van der Waals surface area contributed by atoms with Crippen LogP contribution < -0.4 is 65.5 Å². The van der Waals surface area contributed by atoms with E-state index in [4.69, 9.17) is 41.4 Å². The average Bonchev–Trinajstić information content (AvgIpc) is 1.55. The van der Waals surface area contributed by atoms with Gasteiger partial charge in [-0.25, -0.2) is 32.3 Å². The molecule has 0 bridgehead atoms. The second-order valence-electron chi connectivity index (χ2n) is 32.8. The second kappa shape index (κ2) is 62.0. The van der Waals surface area contributed by atoms with Crippen molar-refractivity contribution in [2.24, 2.45) is 0 Å². The number of halogens is 8. The van der Waals surface area contributed by atoms with Crippen molar-refractivity contribution >= 4 is 171 Å². The molecule has 48 heteroatoms. The van der Waals surface area contributed by atoms with Crippen molar-refractivity contribution in [1.29, 1.82) is 0 Å². The van der Waals surface area contributed by atoms with Gasteiger partial charge in [-0.05, 0) is 168 Å². The molecule has 139 heavy (non-hydrogen) atoms. The Morgan fingerprint density at radius 3 is 1.18 bits per heavy atom. The third kappa shape index (κ3) is 45.0. The fourth-order valence-corrected chi connectivity index (χ4v) is 15.0. The molecule has 8 N–H and O–H groups in total. The van der Waals surface area contributed by atoms with E-state index in [0.29, 0.717) is 88.5 Å². The molecule has 13 rings (SSSR count). The molecule has 3 atom stereocenters. The van der Waals surface area contributed by atoms with Crippen LogP contribution in [-0.4, -0.2) is 238 Å². The molecule has 0 radical (unpaired) electrons. The van der Waals surface area contributed by atoms with Gasteiger partial charge in [-0.2, -0.15) is 46.3 Å². The molecular weight excluding hydrogens is 2030 g/mol. The van der Waals surface area contributed by atoms with Gasteiger partial charge >= 0.3 is 65.9 Å². The van der Waals surface area contributed by atoms with Crippen LogP contribution in [0.2, 0.25) is 0 Å². The van der Waals surface area contributed by atoms with Crippen molar-refractivity contribution in [2.75, 3.05) is 96.8 Å². The molecule has 3 fully saturated rings. The van der Waals surface area contributed by atoms with E-state index in [2.05, 4.69) is 111 Å². The monoisotopic (exact) mass is 2140 g/mol. The number of anilines is 3. The predicted octanol–water partition coefficient (Wildman–Crippen LogP) is 13.9. The van der Waals surface area contributed by atoms with E-state index >= 15 is 4.39 Å². The molecule has 6 aromatic carbocycles. The fourth-order valence-electron chi connectivity index (χ4n) is 12.2. The van der Waals surface area contributed by atoms with E-state index in [-0.39, 0.29) is 129 Å². The Morgan fingerprint density at radius 2 is 0.863 bits per heavy atom. The number of amides is 7. The number of nitrogens with one attached hydrogen (secondary N) is 8. The molecule has 0 spiro atoms. The number of nitrogens with zero attached hydrogens (tertiary/aromatic N) is 12. The van der Waals surface area contributed by atoms with Crippen molar-refractivity contribution in [3.05, 3.63) is 186 Å². The molecule has 750 valence electrons. The molecule has 4 aromatic heterocycles. The van der Waals surface area contributed by atoms with Crippen LogP contribution in [0.15, 0.2) is 172 Å². The maximum atomic E-state index is 15.2. The summed E-state index contributed by atoms with van der Waals surface area (Å²) in [4.78, 5) is 111. The smallest absolute Gasteiger partial charge is 0.757 e. The van der Waals surface area contributed by atoms with Gasteiger partial charge in [0.25, 0.3) is 0 Å². The number of hydrogen-bond acceptors (Lipinski definition) is 28. The Morgan fingerprint density at radius 1 is 0.518 bits per heavy atom. The molecule has 0 unspecified atom stereocenters. The minimum Gasteiger partial charge on any atom is -0.757 e. The van der Waals surface area contributed by atoms with Crippen LogP contribution in [0.5, 0.6) is 0 Å². The van der Waals surface area contributed by atoms with E-state index in [1.807, 2.05) is 123 Å². The van der Waals surface area contributed by atoms with Gasteiger partial charge in [0.15, 0.2) is 0 Å². The molecular formula is C91H115BrCl3F4N20NaO15S4. The normalized spacial score (nSPS) is 14.0. The Hall–Kier alpha value is -10.4. The number of carbonyl (C=O) groups excluding carboxylic acids is 9. The molecule has 7 amide bonds. The van der Waals surface area contributed by atoms with Crippen LogP contribution in [0, 0.1) is 17.5 Å². The molecule has 35 nitrogen and oxygen atoms in total. The zero-order valence-corrected chi connectivity index (χ0v) is 88.3. The van der Waals surface area contributed by atoms with Crippen molar-refractivity contribution in [1.82, 2.24) is 87.8 Å². The van der Waals surface area contributed by atoms with Gasteiger partial charge in [-0.3, -0.25) is 43.1 Å². The van der Waals surface area contributed by atoms with E-state index in [0.717, 1.165) is 79.1 Å². The van der Waals surface area contributed by atoms with Gasteiger partial charge in [0.2, 0.25) is 17.7 Å². The van der Waals surface area contributed by atoms with Gasteiger partial charge in [0.05, 0.1) is 83.4 Å². The summed E-state index contributed by atoms with van der Waals surface area (Å²) in [5.41, 5.74) is 6.13. The van der Waals surface area contributed by atoms with Gasteiger partial charge in [-0.1, -0.05) is 88.7 Å². The van der Waals surface area contributed by atoms with E-state index in [1.165, 1.54) is 71.6 Å². The largest absolute Gasteiger partial charge is 1.00 e. The first kappa shape index (κ1) is 119. The summed E-state index contributed by atoms with van der Waals surface area (Å²) in [5, 5.41) is 55.2. The molecule has 3 aliphatic rings. The second-order valence-corrected chi connectivity index (χ2v) is 37.6. The first-order chi connectivity index (χ1) is 65.2. The van der Waals surface area contributed by atoms with Crippen LogP contribution in [-0.2, 0) is 84.0 Å². The summed E-state index contributed by atoms with van der Waals surface area (Å²) in [6.07, 6.45) is 5.46. The number of rotatable bonds is 33. The van der Waals surface area contributed by atoms with Gasteiger partial charge in [0.1, 0.15) is 67.6 Å². The number of esters is 2. The Kier molecular flexibility index (Phi) is 53.1. The Bertz CT molecular complexity index is 5440. The number of H-pyrrole nitrogens is 4. The first-order valence-corrected chi connectivity index (χ1v) is 47.6. The minimum absolute atomic E-state index is 0. The predicted molar refractivity (Wildman–Crippen MR) is 531 cm³/mol. The number of thioether (sulfide) groups is 3. The van der Waals surface area contributed by atoms with Crippen LogP contribution in [0.3, 0.4) is 0 Å². The molecule has 3 saturated heterocycles. The first-order valence-electron chi connectivity index (χ1n) is 43.3. The molecule has 0 aliphatic carbocycles.